The molecule has 0 bridgehead atoms. The van der Waals surface area contributed by atoms with Crippen molar-refractivity contribution in [2.75, 3.05) is 19.6 Å². The van der Waals surface area contributed by atoms with E-state index in [4.69, 9.17) is 0 Å². The van der Waals surface area contributed by atoms with E-state index in [1.54, 1.807) is 0 Å². The average Bonchev–Trinajstić information content (AvgIpc) is 2.71. The fourth-order valence-corrected chi connectivity index (χ4v) is 3.88. The van der Waals surface area contributed by atoms with Gasteiger partial charge in [0, 0.05) is 36.9 Å². The summed E-state index contributed by atoms with van der Waals surface area (Å²) in [5.41, 5.74) is 0.901. The summed E-state index contributed by atoms with van der Waals surface area (Å²) >= 11 is 3.40. The lowest BCUT2D eigenvalue weighted by Gasteiger charge is -2.32. The molecule has 1 saturated heterocycles. The summed E-state index contributed by atoms with van der Waals surface area (Å²) in [7, 11) is 0. The monoisotopic (exact) mass is 465 g/mol. The van der Waals surface area contributed by atoms with Gasteiger partial charge in [0.25, 0.3) is 0 Å². The zero-order chi connectivity index (χ0) is 21.2. The van der Waals surface area contributed by atoms with Crippen molar-refractivity contribution in [1.82, 2.24) is 15.5 Å². The van der Waals surface area contributed by atoms with Gasteiger partial charge in [0.05, 0.1) is 12.5 Å². The van der Waals surface area contributed by atoms with E-state index in [1.807, 2.05) is 29.2 Å². The van der Waals surface area contributed by atoms with E-state index in [0.29, 0.717) is 25.9 Å². The van der Waals surface area contributed by atoms with Crippen LogP contribution in [0.3, 0.4) is 0 Å². The number of hydrogen-bond donors (Lipinski definition) is 2. The van der Waals surface area contributed by atoms with Crippen molar-refractivity contribution in [2.45, 2.75) is 58.4 Å². The van der Waals surface area contributed by atoms with Gasteiger partial charge in [-0.3, -0.25) is 14.4 Å². The molecule has 2 rings (SSSR count). The molecule has 1 atom stereocenters. The predicted octanol–water partition coefficient (Wildman–Crippen LogP) is 3.56. The molecule has 0 saturated carbocycles. The van der Waals surface area contributed by atoms with Crippen molar-refractivity contribution in [3.05, 3.63) is 34.3 Å². The lowest BCUT2D eigenvalue weighted by molar-refractivity contribution is -0.136. The van der Waals surface area contributed by atoms with Crippen LogP contribution < -0.4 is 10.6 Å². The molecule has 1 unspecified atom stereocenters. The van der Waals surface area contributed by atoms with Gasteiger partial charge in [-0.05, 0) is 37.0 Å². The molecule has 6 nitrogen and oxygen atoms in total. The van der Waals surface area contributed by atoms with Gasteiger partial charge in [-0.25, -0.2) is 0 Å². The van der Waals surface area contributed by atoms with E-state index in [-0.39, 0.29) is 36.1 Å². The molecule has 0 spiro atoms. The molecule has 29 heavy (non-hydrogen) atoms. The summed E-state index contributed by atoms with van der Waals surface area (Å²) in [5, 5.41) is 5.90. The standard InChI is InChI=1S/C22H32BrN3O3/c1-3-4-5-12-24-22(29)18-10-13-26(14-11-18)21(28)15-20(25-16(2)27)17-6-8-19(23)9-7-17/h6-9,18,20H,3-5,10-15H2,1-2H3,(H,24,29)(H,25,27). The van der Waals surface area contributed by atoms with Gasteiger partial charge in [-0.2, -0.15) is 0 Å². The Morgan fingerprint density at radius 1 is 1.14 bits per heavy atom. The van der Waals surface area contributed by atoms with Crippen LogP contribution in [0, 0.1) is 5.92 Å². The number of nitrogens with one attached hydrogen (secondary N) is 2. The Kier molecular flexibility index (Phi) is 9.64. The summed E-state index contributed by atoms with van der Waals surface area (Å²) in [6.45, 7) is 5.50. The molecule has 7 heteroatoms. The second kappa shape index (κ2) is 12.0. The molecule has 1 aromatic carbocycles. The van der Waals surface area contributed by atoms with Gasteiger partial charge in [0.15, 0.2) is 0 Å². The largest absolute Gasteiger partial charge is 0.356 e. The third kappa shape index (κ3) is 7.80. The van der Waals surface area contributed by atoms with Crippen molar-refractivity contribution >= 4 is 33.7 Å². The first-order chi connectivity index (χ1) is 13.9. The van der Waals surface area contributed by atoms with Gasteiger partial charge in [0.1, 0.15) is 0 Å². The van der Waals surface area contributed by atoms with Crippen molar-refractivity contribution in [1.29, 1.82) is 0 Å². The molecule has 0 aromatic heterocycles. The number of carbonyl (C=O) groups is 3. The van der Waals surface area contributed by atoms with Crippen LogP contribution in [0.25, 0.3) is 0 Å². The third-order valence-corrected chi connectivity index (χ3v) is 5.86. The topological polar surface area (TPSA) is 78.5 Å². The highest BCUT2D eigenvalue weighted by Gasteiger charge is 2.28. The number of nitrogens with zero attached hydrogens (tertiary/aromatic N) is 1. The number of benzene rings is 1. The summed E-state index contributed by atoms with van der Waals surface area (Å²) in [4.78, 5) is 38.5. The molecular weight excluding hydrogens is 434 g/mol. The number of carbonyl (C=O) groups excluding carboxylic acids is 3. The fraction of sp³-hybridized carbons (Fsp3) is 0.591. The molecule has 1 aliphatic rings. The average molecular weight is 466 g/mol. The van der Waals surface area contributed by atoms with Gasteiger partial charge >= 0.3 is 0 Å². The van der Waals surface area contributed by atoms with Crippen molar-refractivity contribution < 1.29 is 14.4 Å². The lowest BCUT2D eigenvalue weighted by atomic mass is 9.95. The Bertz CT molecular complexity index is 685. The lowest BCUT2D eigenvalue weighted by Crippen LogP contribution is -2.44. The molecule has 1 aliphatic heterocycles. The minimum Gasteiger partial charge on any atom is -0.356 e. The summed E-state index contributed by atoms with van der Waals surface area (Å²) in [5.74, 6) is -0.0601. The van der Waals surface area contributed by atoms with Gasteiger partial charge in [-0.15, -0.1) is 0 Å². The van der Waals surface area contributed by atoms with Crippen LogP contribution >= 0.6 is 15.9 Å². The van der Waals surface area contributed by atoms with Crippen LogP contribution in [-0.2, 0) is 14.4 Å². The molecule has 160 valence electrons. The zero-order valence-corrected chi connectivity index (χ0v) is 19.0. The fourth-order valence-electron chi connectivity index (χ4n) is 3.62. The minimum atomic E-state index is -0.354. The van der Waals surface area contributed by atoms with Crippen LogP contribution in [0.15, 0.2) is 28.7 Å². The van der Waals surface area contributed by atoms with E-state index < -0.39 is 0 Å². The number of hydrogen-bond acceptors (Lipinski definition) is 3. The van der Waals surface area contributed by atoms with E-state index in [2.05, 4.69) is 33.5 Å². The predicted molar refractivity (Wildman–Crippen MR) is 117 cm³/mol. The number of halogens is 1. The molecule has 0 aliphatic carbocycles. The Labute approximate surface area is 181 Å². The normalized spacial score (nSPS) is 15.6. The first-order valence-corrected chi connectivity index (χ1v) is 11.3. The molecule has 2 N–H and O–H groups in total. The van der Waals surface area contributed by atoms with Crippen LogP contribution in [0.2, 0.25) is 0 Å². The minimum absolute atomic E-state index is 0.00785. The van der Waals surface area contributed by atoms with Crippen LogP contribution in [0.5, 0.6) is 0 Å². The third-order valence-electron chi connectivity index (χ3n) is 5.33. The number of likely N-dealkylation sites (tertiary alicyclic amines) is 1. The molecule has 1 aromatic rings. The van der Waals surface area contributed by atoms with E-state index in [0.717, 1.165) is 35.8 Å². The van der Waals surface area contributed by atoms with Crippen LogP contribution in [0.4, 0.5) is 0 Å². The molecule has 1 fully saturated rings. The van der Waals surface area contributed by atoms with Crippen molar-refractivity contribution in [2.24, 2.45) is 5.92 Å². The first-order valence-electron chi connectivity index (χ1n) is 10.5. The van der Waals surface area contributed by atoms with Gasteiger partial charge < -0.3 is 15.5 Å². The highest BCUT2D eigenvalue weighted by Crippen LogP contribution is 2.23. The van der Waals surface area contributed by atoms with E-state index >= 15 is 0 Å². The van der Waals surface area contributed by atoms with Crippen molar-refractivity contribution in [3.63, 3.8) is 0 Å². The Hall–Kier alpha value is -1.89. The van der Waals surface area contributed by atoms with Gasteiger partial charge in [0.2, 0.25) is 17.7 Å². The second-order valence-corrected chi connectivity index (χ2v) is 8.58. The highest BCUT2D eigenvalue weighted by atomic mass is 79.9. The number of piperidine rings is 1. The number of rotatable bonds is 9. The zero-order valence-electron chi connectivity index (χ0n) is 17.4. The quantitative estimate of drug-likeness (QED) is 0.547. The summed E-state index contributed by atoms with van der Waals surface area (Å²) in [6, 6.07) is 7.27. The smallest absolute Gasteiger partial charge is 0.224 e. The maximum absolute atomic E-state index is 12.8. The first kappa shape index (κ1) is 23.4. The maximum atomic E-state index is 12.8. The van der Waals surface area contributed by atoms with Crippen molar-refractivity contribution in [3.8, 4) is 0 Å². The Balaban J connectivity index is 1.86. The van der Waals surface area contributed by atoms with Crippen LogP contribution in [-0.4, -0.2) is 42.3 Å². The van der Waals surface area contributed by atoms with E-state index in [1.165, 1.54) is 6.92 Å². The molecular formula is C22H32BrN3O3. The number of unbranched alkanes of at least 4 members (excludes halogenated alkanes) is 2. The summed E-state index contributed by atoms with van der Waals surface area (Å²) < 4.78 is 0.948. The highest BCUT2D eigenvalue weighted by molar-refractivity contribution is 9.10. The summed E-state index contributed by atoms with van der Waals surface area (Å²) in [6.07, 6.45) is 4.87. The van der Waals surface area contributed by atoms with E-state index in [9.17, 15) is 14.4 Å². The number of amides is 3. The maximum Gasteiger partial charge on any atom is 0.224 e. The molecule has 0 radical (unpaired) electrons. The molecule has 1 heterocycles. The van der Waals surface area contributed by atoms with Crippen LogP contribution in [0.1, 0.15) is 64.0 Å². The Morgan fingerprint density at radius 3 is 2.38 bits per heavy atom. The Morgan fingerprint density at radius 2 is 1.79 bits per heavy atom. The SMILES string of the molecule is CCCCCNC(=O)C1CCN(C(=O)CC(NC(C)=O)c2ccc(Br)cc2)CC1. The van der Waals surface area contributed by atoms with Gasteiger partial charge in [-0.1, -0.05) is 47.8 Å². The molecule has 3 amide bonds. The second-order valence-electron chi connectivity index (χ2n) is 7.66.